The number of hydrogen-bond acceptors (Lipinski definition) is 3. The van der Waals surface area contributed by atoms with E-state index in [4.69, 9.17) is 4.74 Å². The third kappa shape index (κ3) is 4.94. The van der Waals surface area contributed by atoms with E-state index in [2.05, 4.69) is 41.4 Å². The van der Waals surface area contributed by atoms with E-state index in [9.17, 15) is 4.79 Å². The highest BCUT2D eigenvalue weighted by Gasteiger charge is 2.21. The maximum atomic E-state index is 12.4. The Kier molecular flexibility index (Phi) is 6.58. The van der Waals surface area contributed by atoms with Crippen LogP contribution in [-0.2, 0) is 12.8 Å². The maximum absolute atomic E-state index is 12.4. The van der Waals surface area contributed by atoms with Gasteiger partial charge < -0.3 is 19.9 Å². The van der Waals surface area contributed by atoms with Crippen molar-refractivity contribution in [1.82, 2.24) is 10.2 Å². The summed E-state index contributed by atoms with van der Waals surface area (Å²) >= 11 is 0. The third-order valence-corrected chi connectivity index (χ3v) is 5.14. The van der Waals surface area contributed by atoms with E-state index in [0.29, 0.717) is 6.54 Å². The molecule has 2 aromatic rings. The Morgan fingerprint density at radius 3 is 2.41 bits per heavy atom. The Hall–Kier alpha value is -2.69. The van der Waals surface area contributed by atoms with Crippen LogP contribution in [0.5, 0.6) is 5.75 Å². The predicted octanol–water partition coefficient (Wildman–Crippen LogP) is 3.33. The van der Waals surface area contributed by atoms with Crippen LogP contribution >= 0.6 is 0 Å². The van der Waals surface area contributed by atoms with Gasteiger partial charge in [-0.1, -0.05) is 37.3 Å². The van der Waals surface area contributed by atoms with Crippen molar-refractivity contribution in [2.24, 2.45) is 0 Å². The summed E-state index contributed by atoms with van der Waals surface area (Å²) < 4.78 is 5.36. The molecule has 1 saturated heterocycles. The highest BCUT2D eigenvalue weighted by molar-refractivity contribution is 5.74. The van der Waals surface area contributed by atoms with Crippen LogP contribution in [0.2, 0.25) is 0 Å². The number of methoxy groups -OCH3 is 1. The number of para-hydroxylation sites is 1. The Labute approximate surface area is 161 Å². The largest absolute Gasteiger partial charge is 0.496 e. The number of carbonyl (C=O) groups excluding carboxylic acids is 1. The van der Waals surface area contributed by atoms with Crippen LogP contribution in [0, 0.1) is 0 Å². The van der Waals surface area contributed by atoms with Gasteiger partial charge in [0.2, 0.25) is 0 Å². The van der Waals surface area contributed by atoms with E-state index >= 15 is 0 Å². The second-order valence-corrected chi connectivity index (χ2v) is 6.79. The molecule has 5 nitrogen and oxygen atoms in total. The Balaban J connectivity index is 1.44. The fourth-order valence-electron chi connectivity index (χ4n) is 3.44. The lowest BCUT2D eigenvalue weighted by atomic mass is 10.1. The summed E-state index contributed by atoms with van der Waals surface area (Å²) in [5.41, 5.74) is 3.70. The lowest BCUT2D eigenvalue weighted by Crippen LogP contribution is -2.52. The molecular weight excluding hydrogens is 338 g/mol. The van der Waals surface area contributed by atoms with Gasteiger partial charge in [-0.15, -0.1) is 0 Å². The number of aryl methyl sites for hydroxylation is 1. The Bertz CT molecular complexity index is 737. The van der Waals surface area contributed by atoms with Crippen LogP contribution in [0.4, 0.5) is 10.5 Å². The number of urea groups is 1. The number of nitrogens with zero attached hydrogens (tertiary/aromatic N) is 2. The molecule has 0 bridgehead atoms. The second kappa shape index (κ2) is 9.31. The first-order valence-electron chi connectivity index (χ1n) is 9.70. The van der Waals surface area contributed by atoms with E-state index in [1.807, 2.05) is 29.2 Å². The van der Waals surface area contributed by atoms with E-state index in [1.54, 1.807) is 7.11 Å². The van der Waals surface area contributed by atoms with Crippen molar-refractivity contribution in [2.75, 3.05) is 44.7 Å². The molecule has 1 aliphatic heterocycles. The Morgan fingerprint density at radius 2 is 1.74 bits per heavy atom. The molecule has 0 saturated carbocycles. The lowest BCUT2D eigenvalue weighted by Gasteiger charge is -2.36. The van der Waals surface area contributed by atoms with Crippen molar-refractivity contribution in [3.05, 3.63) is 59.7 Å². The van der Waals surface area contributed by atoms with Crippen molar-refractivity contribution >= 4 is 11.7 Å². The van der Waals surface area contributed by atoms with Gasteiger partial charge in [0.05, 0.1) is 7.11 Å². The normalized spacial score (nSPS) is 14.1. The fourth-order valence-corrected chi connectivity index (χ4v) is 3.44. The number of carbonyl (C=O) groups is 1. The number of ether oxygens (including phenoxy) is 1. The number of piperazine rings is 1. The molecule has 144 valence electrons. The third-order valence-electron chi connectivity index (χ3n) is 5.14. The van der Waals surface area contributed by atoms with E-state index < -0.39 is 0 Å². The number of benzene rings is 2. The zero-order valence-electron chi connectivity index (χ0n) is 16.3. The average Bonchev–Trinajstić information content (AvgIpc) is 2.74. The van der Waals surface area contributed by atoms with E-state index in [1.165, 1.54) is 11.3 Å². The number of rotatable bonds is 6. The first kappa shape index (κ1) is 19.1. The molecule has 0 radical (unpaired) electrons. The van der Waals surface area contributed by atoms with Gasteiger partial charge in [-0.3, -0.25) is 0 Å². The summed E-state index contributed by atoms with van der Waals surface area (Å²) in [5.74, 6) is 0.870. The molecule has 27 heavy (non-hydrogen) atoms. The molecule has 1 aliphatic rings. The van der Waals surface area contributed by atoms with Crippen LogP contribution in [0.25, 0.3) is 0 Å². The van der Waals surface area contributed by atoms with Gasteiger partial charge in [0.1, 0.15) is 5.75 Å². The average molecular weight is 367 g/mol. The molecule has 0 aromatic heterocycles. The number of hydrogen-bond donors (Lipinski definition) is 1. The SMILES string of the molecule is CCc1ccc(N2CCN(C(=O)NCCc3ccccc3OC)CC2)cc1. The number of amides is 2. The molecular formula is C22H29N3O2. The highest BCUT2D eigenvalue weighted by Crippen LogP contribution is 2.18. The minimum absolute atomic E-state index is 0.0193. The number of nitrogens with one attached hydrogen (secondary N) is 1. The molecule has 0 spiro atoms. The van der Waals surface area contributed by atoms with Gasteiger partial charge in [-0.05, 0) is 42.2 Å². The van der Waals surface area contributed by atoms with Gasteiger partial charge in [0.15, 0.2) is 0 Å². The second-order valence-electron chi connectivity index (χ2n) is 6.79. The first-order chi connectivity index (χ1) is 13.2. The monoisotopic (exact) mass is 367 g/mol. The molecule has 3 rings (SSSR count). The predicted molar refractivity (Wildman–Crippen MR) is 110 cm³/mol. The molecule has 1 N–H and O–H groups in total. The molecule has 1 heterocycles. The smallest absolute Gasteiger partial charge is 0.317 e. The highest BCUT2D eigenvalue weighted by atomic mass is 16.5. The van der Waals surface area contributed by atoms with Crippen molar-refractivity contribution < 1.29 is 9.53 Å². The zero-order valence-corrected chi connectivity index (χ0v) is 16.3. The van der Waals surface area contributed by atoms with Crippen molar-refractivity contribution in [3.8, 4) is 5.75 Å². The van der Waals surface area contributed by atoms with Crippen LogP contribution in [0.15, 0.2) is 48.5 Å². The van der Waals surface area contributed by atoms with Gasteiger partial charge in [0, 0.05) is 38.4 Å². The summed E-state index contributed by atoms with van der Waals surface area (Å²) in [6, 6.07) is 16.7. The van der Waals surface area contributed by atoms with Crippen molar-refractivity contribution in [2.45, 2.75) is 19.8 Å². The molecule has 2 amide bonds. The topological polar surface area (TPSA) is 44.8 Å². The molecule has 0 atom stereocenters. The molecule has 1 fully saturated rings. The van der Waals surface area contributed by atoms with Gasteiger partial charge in [0.25, 0.3) is 0 Å². The van der Waals surface area contributed by atoms with E-state index in [0.717, 1.165) is 50.3 Å². The summed E-state index contributed by atoms with van der Waals surface area (Å²) in [5, 5.41) is 3.03. The van der Waals surface area contributed by atoms with Crippen LogP contribution in [0.1, 0.15) is 18.1 Å². The van der Waals surface area contributed by atoms with Crippen LogP contribution in [0.3, 0.4) is 0 Å². The quantitative estimate of drug-likeness (QED) is 0.852. The Morgan fingerprint density at radius 1 is 1.04 bits per heavy atom. The summed E-state index contributed by atoms with van der Waals surface area (Å²) in [6.07, 6.45) is 1.82. The number of anilines is 1. The maximum Gasteiger partial charge on any atom is 0.317 e. The molecule has 2 aromatic carbocycles. The van der Waals surface area contributed by atoms with Crippen molar-refractivity contribution in [3.63, 3.8) is 0 Å². The molecule has 0 aliphatic carbocycles. The van der Waals surface area contributed by atoms with Gasteiger partial charge in [-0.25, -0.2) is 4.79 Å². The molecule has 5 heteroatoms. The summed E-state index contributed by atoms with van der Waals surface area (Å²) in [7, 11) is 1.67. The fraction of sp³-hybridized carbons (Fsp3) is 0.409. The first-order valence-corrected chi connectivity index (χ1v) is 9.70. The minimum Gasteiger partial charge on any atom is -0.496 e. The minimum atomic E-state index is 0.0193. The van der Waals surface area contributed by atoms with Crippen molar-refractivity contribution in [1.29, 1.82) is 0 Å². The lowest BCUT2D eigenvalue weighted by molar-refractivity contribution is 0.194. The molecule has 0 unspecified atom stereocenters. The van der Waals surface area contributed by atoms with Gasteiger partial charge >= 0.3 is 6.03 Å². The van der Waals surface area contributed by atoms with Crippen LogP contribution < -0.4 is 15.0 Å². The van der Waals surface area contributed by atoms with E-state index in [-0.39, 0.29) is 6.03 Å². The summed E-state index contributed by atoms with van der Waals surface area (Å²) in [4.78, 5) is 16.7. The summed E-state index contributed by atoms with van der Waals surface area (Å²) in [6.45, 7) is 6.00. The standard InChI is InChI=1S/C22H29N3O2/c1-3-18-8-10-20(11-9-18)24-14-16-25(17-15-24)22(26)23-13-12-19-6-4-5-7-21(19)27-2/h4-11H,3,12-17H2,1-2H3,(H,23,26). The van der Waals surface area contributed by atoms with Gasteiger partial charge in [-0.2, -0.15) is 0 Å². The van der Waals surface area contributed by atoms with Crippen LogP contribution in [-0.4, -0.2) is 50.8 Å². The zero-order chi connectivity index (χ0) is 19.1.